The van der Waals surface area contributed by atoms with E-state index >= 15 is 0 Å². The van der Waals surface area contributed by atoms with Crippen molar-refractivity contribution in [2.24, 2.45) is 0 Å². The summed E-state index contributed by atoms with van der Waals surface area (Å²) in [5.41, 5.74) is 4.85. The number of benzene rings is 4. The van der Waals surface area contributed by atoms with E-state index in [-0.39, 0.29) is 41.7 Å². The van der Waals surface area contributed by atoms with E-state index < -0.39 is 16.8 Å². The summed E-state index contributed by atoms with van der Waals surface area (Å²) in [7, 11) is -4.11. The molecule has 0 unspecified atom stereocenters. The Labute approximate surface area is 296 Å². The number of hydrogen-bond acceptors (Lipinski definition) is 5. The Hall–Kier alpha value is -3.93. The summed E-state index contributed by atoms with van der Waals surface area (Å²) in [5, 5.41) is 1.82. The van der Waals surface area contributed by atoms with E-state index in [0.717, 1.165) is 27.4 Å². The first-order valence-corrected chi connectivity index (χ1v) is 16.7. The molecule has 0 bridgehead atoms. The summed E-state index contributed by atoms with van der Waals surface area (Å²) in [6.45, 7) is 11.7. The van der Waals surface area contributed by atoms with Gasteiger partial charge in [0.1, 0.15) is 5.82 Å². The van der Waals surface area contributed by atoms with Crippen molar-refractivity contribution in [1.82, 2.24) is 9.55 Å². The molecule has 0 radical (unpaired) electrons. The number of hydrogen-bond donors (Lipinski definition) is 0. The van der Waals surface area contributed by atoms with E-state index in [1.807, 2.05) is 59.2 Å². The van der Waals surface area contributed by atoms with Crippen LogP contribution in [0.2, 0.25) is 0 Å². The van der Waals surface area contributed by atoms with Gasteiger partial charge in [-0.25, -0.2) is 13.4 Å². The molecule has 244 valence electrons. The van der Waals surface area contributed by atoms with Crippen LogP contribution >= 0.6 is 0 Å². The topological polar surface area (TPSA) is 58.4 Å². The number of para-hydroxylation sites is 1. The second kappa shape index (κ2) is 11.6. The minimum absolute atomic E-state index is 0. The molecule has 0 amide bonds. The number of pyridine rings is 1. The molecule has 0 spiro atoms. The van der Waals surface area contributed by atoms with Crippen LogP contribution in [-0.2, 0) is 41.7 Å². The van der Waals surface area contributed by atoms with Gasteiger partial charge in [-0.05, 0) is 74.4 Å². The van der Waals surface area contributed by atoms with Crippen molar-refractivity contribution >= 4 is 48.7 Å². The Morgan fingerprint density at radius 2 is 1.49 bits per heavy atom. The molecule has 47 heavy (non-hydrogen) atoms. The minimum Gasteiger partial charge on any atom is -0.504 e. The number of sulfone groups is 1. The van der Waals surface area contributed by atoms with Crippen molar-refractivity contribution in [3.05, 3.63) is 121 Å². The summed E-state index contributed by atoms with van der Waals surface area (Å²) in [6.07, 6.45) is 1.78. The monoisotopic (exact) mass is 823 g/mol. The van der Waals surface area contributed by atoms with Crippen LogP contribution in [0.3, 0.4) is 0 Å². The van der Waals surface area contributed by atoms with E-state index in [2.05, 4.69) is 53.7 Å². The zero-order chi connectivity index (χ0) is 35.1. The van der Waals surface area contributed by atoms with Crippen molar-refractivity contribution in [2.75, 3.05) is 16.8 Å². The van der Waals surface area contributed by atoms with Gasteiger partial charge in [-0.3, -0.25) is 0 Å². The van der Waals surface area contributed by atoms with Crippen molar-refractivity contribution in [3.8, 4) is 5.82 Å². The molecule has 1 aliphatic rings. The predicted octanol–water partition coefficient (Wildman–Crippen LogP) is 8.91. The average molecular weight is 824 g/mol. The van der Waals surface area contributed by atoms with Crippen LogP contribution in [0, 0.1) is 18.8 Å². The van der Waals surface area contributed by atoms with Crippen LogP contribution in [-0.4, -0.2) is 24.9 Å². The molecule has 0 saturated carbocycles. The van der Waals surface area contributed by atoms with Crippen molar-refractivity contribution in [3.63, 3.8) is 0 Å². The van der Waals surface area contributed by atoms with Crippen LogP contribution in [0.15, 0.2) is 101 Å². The first kappa shape index (κ1) is 29.2. The molecule has 0 aliphatic carbocycles. The van der Waals surface area contributed by atoms with Crippen molar-refractivity contribution in [1.29, 1.82) is 0 Å². The molecule has 2 aromatic heterocycles. The zero-order valence-corrected chi connectivity index (χ0v) is 30.2. The third-order valence-corrected chi connectivity index (χ3v) is 10.2. The fraction of sp³-hybridized carbons (Fsp3) is 0.231. The molecule has 0 fully saturated rings. The molecule has 0 N–H and O–H groups in total. The molecule has 1 aliphatic heterocycles. The summed E-state index contributed by atoms with van der Waals surface area (Å²) in [5.74, 6) is 0.676. The Kier molecular flexibility index (Phi) is 7.24. The maximum Gasteiger partial charge on any atom is 0.160 e. The Morgan fingerprint density at radius 3 is 2.23 bits per heavy atom. The van der Waals surface area contributed by atoms with Gasteiger partial charge in [0.25, 0.3) is 0 Å². The van der Waals surface area contributed by atoms with Crippen molar-refractivity contribution in [2.45, 2.75) is 62.2 Å². The van der Waals surface area contributed by atoms with Gasteiger partial charge in [-0.2, -0.15) is 30.9 Å². The Balaban J connectivity index is 0.00000432. The van der Waals surface area contributed by atoms with Gasteiger partial charge in [0, 0.05) is 48.3 Å². The van der Waals surface area contributed by atoms with Crippen LogP contribution < -0.4 is 9.80 Å². The number of anilines is 3. The third kappa shape index (κ3) is 5.68. The van der Waals surface area contributed by atoms with Gasteiger partial charge in [-0.15, -0.1) is 29.3 Å². The Bertz CT molecular complexity index is 2370. The first-order valence-electron chi connectivity index (χ1n) is 16.7. The zero-order valence-electron chi connectivity index (χ0n) is 30.1. The van der Waals surface area contributed by atoms with Gasteiger partial charge in [0.05, 0.1) is 0 Å². The predicted molar refractivity (Wildman–Crippen MR) is 187 cm³/mol. The fourth-order valence-electron chi connectivity index (χ4n) is 5.95. The molecular weight excluding hydrogens is 784 g/mol. The SMILES string of the molecule is [2H]C([2H])([2H])N1[CH-]N(c2[c-]c(S(=O)(=O)c3[c-]c4c(cc3)c3ccccc3n4-c3cc(C(C)(C)C)ccn3)ccc2)c2cc(C(C)(C)C)ccc21.[Pt]. The van der Waals surface area contributed by atoms with Crippen LogP contribution in [0.1, 0.15) is 56.8 Å². The molecule has 3 heterocycles. The van der Waals surface area contributed by atoms with E-state index in [9.17, 15) is 8.42 Å². The van der Waals surface area contributed by atoms with Gasteiger partial charge < -0.3 is 14.4 Å². The van der Waals surface area contributed by atoms with Crippen molar-refractivity contribution < 1.29 is 33.6 Å². The fourth-order valence-corrected chi connectivity index (χ4v) is 7.16. The number of fused-ring (bicyclic) bond motifs is 4. The summed E-state index contributed by atoms with van der Waals surface area (Å²) >= 11 is 0. The third-order valence-electron chi connectivity index (χ3n) is 8.58. The van der Waals surface area contributed by atoms with Crippen LogP contribution in [0.25, 0.3) is 27.6 Å². The standard InChI is InChI=1S/C39H37N4O2S.Pt/c1-38(2,3)26-15-18-34-36(21-26)42(25-41(34)7)28-11-10-12-29(23-28)46(44,45)30-16-17-32-31-13-8-9-14-33(31)43(35(32)24-30)37-22-27(19-20-40-37)39(4,5)6;/h8-22,25H,1-7H3;/q-3;/i7D3;. The van der Waals surface area contributed by atoms with E-state index in [4.69, 9.17) is 9.10 Å². The maximum atomic E-state index is 14.3. The Morgan fingerprint density at radius 1 is 0.766 bits per heavy atom. The smallest absolute Gasteiger partial charge is 0.160 e. The van der Waals surface area contributed by atoms with E-state index in [1.54, 1.807) is 35.4 Å². The number of aromatic nitrogens is 2. The second-order valence-electron chi connectivity index (χ2n) is 13.8. The largest absolute Gasteiger partial charge is 0.504 e. The summed E-state index contributed by atoms with van der Waals surface area (Å²) in [6, 6.07) is 32.3. The van der Waals surface area contributed by atoms with Gasteiger partial charge in [0.15, 0.2) is 9.84 Å². The van der Waals surface area contributed by atoms with Crippen LogP contribution in [0.5, 0.6) is 0 Å². The molecule has 6 nitrogen and oxygen atoms in total. The van der Waals surface area contributed by atoms with Gasteiger partial charge in [-0.1, -0.05) is 71.3 Å². The van der Waals surface area contributed by atoms with E-state index in [0.29, 0.717) is 28.4 Å². The minimum atomic E-state index is -4.11. The molecule has 6 aromatic rings. The molecule has 7 rings (SSSR count). The first-order chi connectivity index (χ1) is 22.9. The second-order valence-corrected chi connectivity index (χ2v) is 15.7. The van der Waals surface area contributed by atoms with Gasteiger partial charge >= 0.3 is 0 Å². The molecule has 4 aromatic carbocycles. The molecule has 0 atom stereocenters. The number of rotatable bonds is 4. The summed E-state index contributed by atoms with van der Waals surface area (Å²) < 4.78 is 55.1. The molecule has 0 saturated heterocycles. The van der Waals surface area contributed by atoms with Crippen LogP contribution in [0.4, 0.5) is 17.1 Å². The molecule has 8 heteroatoms. The number of nitrogens with zero attached hydrogens (tertiary/aromatic N) is 4. The summed E-state index contributed by atoms with van der Waals surface area (Å²) in [4.78, 5) is 7.56. The maximum absolute atomic E-state index is 14.3. The van der Waals surface area contributed by atoms with Gasteiger partial charge in [0.2, 0.25) is 0 Å². The molecular formula is C39H37N4O2PtS-3. The van der Waals surface area contributed by atoms with E-state index in [1.165, 1.54) is 17.6 Å². The quantitative estimate of drug-likeness (QED) is 0.166. The average Bonchev–Trinajstić information content (AvgIpc) is 3.60. The normalized spacial score (nSPS) is 14.9.